The number of imide groups is 1. The van der Waals surface area contributed by atoms with E-state index >= 15 is 0 Å². The summed E-state index contributed by atoms with van der Waals surface area (Å²) in [5.74, 6) is -0.662. The number of benzene rings is 3. The molecule has 1 heterocycles. The summed E-state index contributed by atoms with van der Waals surface area (Å²) in [7, 11) is 4.38. The number of urea groups is 1. The quantitative estimate of drug-likeness (QED) is 0.393. The highest BCUT2D eigenvalue weighted by Gasteiger charge is 2.54. The predicted molar refractivity (Wildman–Crippen MR) is 124 cm³/mol. The fourth-order valence-electron chi connectivity index (χ4n) is 4.09. The summed E-state index contributed by atoms with van der Waals surface area (Å²) in [6.07, 6.45) is 0. The maximum absolute atomic E-state index is 13.9. The van der Waals surface area contributed by atoms with Crippen LogP contribution in [-0.2, 0) is 10.3 Å². The monoisotopic (exact) mass is 478 g/mol. The van der Waals surface area contributed by atoms with E-state index in [0.717, 1.165) is 17.0 Å². The fourth-order valence-corrected chi connectivity index (χ4v) is 4.09. The number of halogens is 1. The van der Waals surface area contributed by atoms with Crippen molar-refractivity contribution in [1.82, 2.24) is 10.2 Å². The lowest BCUT2D eigenvalue weighted by Crippen LogP contribution is -2.45. The smallest absolute Gasteiger partial charge is 0.325 e. The predicted octanol–water partition coefficient (Wildman–Crippen LogP) is 3.53. The number of hydrogen-bond acceptors (Lipinski definition) is 6. The zero-order valence-corrected chi connectivity index (χ0v) is 19.3. The van der Waals surface area contributed by atoms with Gasteiger partial charge >= 0.3 is 6.03 Å². The topological polar surface area (TPSA) is 94.2 Å². The molecule has 4 rings (SSSR count). The Morgan fingerprint density at radius 3 is 1.89 bits per heavy atom. The molecule has 0 aliphatic carbocycles. The van der Waals surface area contributed by atoms with E-state index in [1.807, 2.05) is 0 Å². The number of nitrogens with one attached hydrogen (secondary N) is 1. The number of ketones is 1. The number of carbonyl (C=O) groups excluding carboxylic acids is 3. The van der Waals surface area contributed by atoms with Crippen LogP contribution in [0.25, 0.3) is 0 Å². The summed E-state index contributed by atoms with van der Waals surface area (Å²) in [6.45, 7) is -0.599. The third-order valence-electron chi connectivity index (χ3n) is 5.92. The average Bonchev–Trinajstić information content (AvgIpc) is 3.14. The maximum atomic E-state index is 13.9. The lowest BCUT2D eigenvalue weighted by Gasteiger charge is -2.28. The number of rotatable bonds is 8. The van der Waals surface area contributed by atoms with Gasteiger partial charge in [-0.1, -0.05) is 24.3 Å². The molecule has 0 atom stereocenters. The molecule has 180 valence electrons. The van der Waals surface area contributed by atoms with Crippen LogP contribution in [-0.4, -0.2) is 50.5 Å². The summed E-state index contributed by atoms with van der Waals surface area (Å²) >= 11 is 0. The van der Waals surface area contributed by atoms with Crippen molar-refractivity contribution in [3.8, 4) is 17.2 Å². The first-order valence-electron chi connectivity index (χ1n) is 10.6. The van der Waals surface area contributed by atoms with Gasteiger partial charge < -0.3 is 19.5 Å². The van der Waals surface area contributed by atoms with Crippen molar-refractivity contribution in [3.63, 3.8) is 0 Å². The van der Waals surface area contributed by atoms with Gasteiger partial charge in [0.15, 0.2) is 11.3 Å². The highest BCUT2D eigenvalue weighted by atomic mass is 19.1. The van der Waals surface area contributed by atoms with E-state index < -0.39 is 35.6 Å². The van der Waals surface area contributed by atoms with Crippen LogP contribution < -0.4 is 19.5 Å². The van der Waals surface area contributed by atoms with Gasteiger partial charge in [0.1, 0.15) is 23.1 Å². The third-order valence-corrected chi connectivity index (χ3v) is 5.92. The van der Waals surface area contributed by atoms with Crippen LogP contribution in [0.2, 0.25) is 0 Å². The van der Waals surface area contributed by atoms with E-state index in [4.69, 9.17) is 14.2 Å². The Morgan fingerprint density at radius 1 is 0.857 bits per heavy atom. The first-order valence-corrected chi connectivity index (χ1v) is 10.6. The number of amides is 3. The largest absolute Gasteiger partial charge is 0.497 e. The van der Waals surface area contributed by atoms with Gasteiger partial charge in [-0.15, -0.1) is 0 Å². The number of hydrogen-bond donors (Lipinski definition) is 1. The fraction of sp³-hybridized carbons (Fsp3) is 0.192. The standard InChI is InChI=1S/C26H23FN2O6/c1-33-19-9-4-16(5-10-19)26(17-6-11-20(34-2)12-7-17)24(31)29(25(32)28-26)15-22(30)21-14-18(27)8-13-23(21)35-3/h4-14H,15H2,1-3H3,(H,28,32). The van der Waals surface area contributed by atoms with Gasteiger partial charge in [0.25, 0.3) is 5.91 Å². The molecule has 0 spiro atoms. The minimum Gasteiger partial charge on any atom is -0.497 e. The normalized spacial score (nSPS) is 14.5. The zero-order chi connectivity index (χ0) is 25.2. The van der Waals surface area contributed by atoms with Crippen molar-refractivity contribution in [2.24, 2.45) is 0 Å². The second kappa shape index (κ2) is 9.46. The molecule has 9 heteroatoms. The Hall–Kier alpha value is -4.40. The Kier molecular flexibility index (Phi) is 6.42. The van der Waals surface area contributed by atoms with Gasteiger partial charge in [0, 0.05) is 0 Å². The van der Waals surface area contributed by atoms with Crippen LogP contribution in [0.5, 0.6) is 17.2 Å². The molecule has 1 aliphatic heterocycles. The van der Waals surface area contributed by atoms with E-state index in [9.17, 15) is 18.8 Å². The molecule has 0 aromatic heterocycles. The van der Waals surface area contributed by atoms with Crippen LogP contribution >= 0.6 is 0 Å². The SMILES string of the molecule is COc1ccc(C2(c3ccc(OC)cc3)NC(=O)N(CC(=O)c3cc(F)ccc3OC)C2=O)cc1. The first-order chi connectivity index (χ1) is 16.8. The summed E-state index contributed by atoms with van der Waals surface area (Å²) in [6, 6.07) is 16.1. The molecular formula is C26H23FN2O6. The van der Waals surface area contributed by atoms with Crippen molar-refractivity contribution < 1.29 is 33.0 Å². The van der Waals surface area contributed by atoms with Crippen molar-refractivity contribution in [2.75, 3.05) is 27.9 Å². The Morgan fingerprint density at radius 2 is 1.40 bits per heavy atom. The molecule has 0 bridgehead atoms. The van der Waals surface area contributed by atoms with E-state index in [0.29, 0.717) is 22.6 Å². The molecule has 1 saturated heterocycles. The highest BCUT2D eigenvalue weighted by molar-refractivity contribution is 6.13. The molecule has 1 aliphatic rings. The van der Waals surface area contributed by atoms with Crippen LogP contribution in [0.3, 0.4) is 0 Å². The summed E-state index contributed by atoms with van der Waals surface area (Å²) in [4.78, 5) is 40.8. The van der Waals surface area contributed by atoms with Crippen LogP contribution in [0.1, 0.15) is 21.5 Å². The van der Waals surface area contributed by atoms with Crippen molar-refractivity contribution in [1.29, 1.82) is 0 Å². The van der Waals surface area contributed by atoms with Crippen LogP contribution in [0, 0.1) is 5.82 Å². The van der Waals surface area contributed by atoms with Gasteiger partial charge in [0.05, 0.1) is 33.4 Å². The molecule has 8 nitrogen and oxygen atoms in total. The van der Waals surface area contributed by atoms with Gasteiger partial charge in [-0.3, -0.25) is 14.5 Å². The van der Waals surface area contributed by atoms with E-state index in [-0.39, 0.29) is 11.3 Å². The Balaban J connectivity index is 1.76. The molecule has 3 aromatic carbocycles. The number of carbonyl (C=O) groups is 3. The lowest BCUT2D eigenvalue weighted by molar-refractivity contribution is -0.129. The first kappa shape index (κ1) is 23.7. The number of ether oxygens (including phenoxy) is 3. The molecule has 1 N–H and O–H groups in total. The van der Waals surface area contributed by atoms with E-state index in [1.165, 1.54) is 27.4 Å². The zero-order valence-electron chi connectivity index (χ0n) is 19.3. The van der Waals surface area contributed by atoms with Crippen molar-refractivity contribution in [3.05, 3.63) is 89.2 Å². The second-order valence-corrected chi connectivity index (χ2v) is 7.80. The highest BCUT2D eigenvalue weighted by Crippen LogP contribution is 2.37. The Bertz CT molecular complexity index is 1230. The molecule has 0 unspecified atom stereocenters. The Labute approximate surface area is 201 Å². The molecule has 1 fully saturated rings. The van der Waals surface area contributed by atoms with Gasteiger partial charge in [-0.05, 0) is 53.6 Å². The van der Waals surface area contributed by atoms with Crippen molar-refractivity contribution in [2.45, 2.75) is 5.54 Å². The molecule has 35 heavy (non-hydrogen) atoms. The minimum atomic E-state index is -1.60. The molecule has 3 aromatic rings. The minimum absolute atomic E-state index is 0.0699. The molecule has 3 amide bonds. The van der Waals surface area contributed by atoms with Crippen LogP contribution in [0.4, 0.5) is 9.18 Å². The second-order valence-electron chi connectivity index (χ2n) is 7.80. The van der Waals surface area contributed by atoms with E-state index in [2.05, 4.69) is 5.32 Å². The summed E-state index contributed by atoms with van der Waals surface area (Å²) in [5.41, 5.74) is -0.721. The summed E-state index contributed by atoms with van der Waals surface area (Å²) in [5, 5.41) is 2.77. The molecule has 0 saturated carbocycles. The van der Waals surface area contributed by atoms with Gasteiger partial charge in [-0.2, -0.15) is 0 Å². The number of nitrogens with zero attached hydrogens (tertiary/aromatic N) is 1. The summed E-state index contributed by atoms with van der Waals surface area (Å²) < 4.78 is 29.4. The van der Waals surface area contributed by atoms with Gasteiger partial charge in [-0.25, -0.2) is 9.18 Å². The third kappa shape index (κ3) is 4.16. The van der Waals surface area contributed by atoms with Crippen LogP contribution in [0.15, 0.2) is 66.7 Å². The number of Topliss-reactive ketones (excluding diaryl/α,β-unsaturated/α-hetero) is 1. The van der Waals surface area contributed by atoms with Gasteiger partial charge in [0.2, 0.25) is 0 Å². The molecular weight excluding hydrogens is 455 g/mol. The maximum Gasteiger partial charge on any atom is 0.325 e. The van der Waals surface area contributed by atoms with E-state index in [1.54, 1.807) is 48.5 Å². The molecule has 0 radical (unpaired) electrons. The average molecular weight is 478 g/mol. The number of methoxy groups -OCH3 is 3. The van der Waals surface area contributed by atoms with Crippen molar-refractivity contribution >= 4 is 17.7 Å². The lowest BCUT2D eigenvalue weighted by atomic mass is 9.82.